The summed E-state index contributed by atoms with van der Waals surface area (Å²) < 4.78 is 1.63. The Kier molecular flexibility index (Phi) is 6.08. The van der Waals surface area contributed by atoms with Crippen molar-refractivity contribution in [3.8, 4) is 0 Å². The molecule has 1 unspecified atom stereocenters. The lowest BCUT2D eigenvalue weighted by Crippen LogP contribution is -2.37. The van der Waals surface area contributed by atoms with E-state index in [1.54, 1.807) is 4.57 Å². The number of aromatic nitrogens is 2. The average Bonchev–Trinajstić information content (AvgIpc) is 2.41. The van der Waals surface area contributed by atoms with E-state index in [0.29, 0.717) is 30.6 Å². The number of aryl methyl sites for hydroxylation is 1. The molecule has 1 rings (SSSR count). The van der Waals surface area contributed by atoms with Gasteiger partial charge in [-0.1, -0.05) is 13.8 Å². The zero-order chi connectivity index (χ0) is 16.2. The molecule has 1 atom stereocenters. The van der Waals surface area contributed by atoms with Crippen LogP contribution in [0.4, 0.5) is 0 Å². The molecule has 0 aliphatic rings. The van der Waals surface area contributed by atoms with Crippen LogP contribution in [-0.2, 0) is 30.6 Å². The minimum atomic E-state index is -0.896. The maximum absolute atomic E-state index is 12.3. The summed E-state index contributed by atoms with van der Waals surface area (Å²) in [5.41, 5.74) is 1.81. The molecule has 0 spiro atoms. The van der Waals surface area contributed by atoms with Crippen LogP contribution >= 0.6 is 0 Å². The molecule has 0 saturated heterocycles. The van der Waals surface area contributed by atoms with Crippen molar-refractivity contribution in [2.45, 2.75) is 52.6 Å². The van der Waals surface area contributed by atoms with Crippen molar-refractivity contribution in [1.29, 1.82) is 0 Å². The quantitative estimate of drug-likeness (QED) is 0.810. The Morgan fingerprint density at radius 3 is 2.38 bits per heavy atom. The number of hydrogen-bond acceptors (Lipinski definition) is 4. The summed E-state index contributed by atoms with van der Waals surface area (Å²) in [4.78, 5) is 29.5. The van der Waals surface area contributed by atoms with Crippen LogP contribution in [-0.4, -0.2) is 45.7 Å². The smallest absolute Gasteiger partial charge is 0.348 e. The van der Waals surface area contributed by atoms with Gasteiger partial charge in [0.1, 0.15) is 0 Å². The van der Waals surface area contributed by atoms with E-state index in [9.17, 15) is 9.59 Å². The summed E-state index contributed by atoms with van der Waals surface area (Å²) in [6.45, 7) is 6.37. The van der Waals surface area contributed by atoms with Crippen molar-refractivity contribution in [1.82, 2.24) is 14.5 Å². The van der Waals surface area contributed by atoms with Crippen molar-refractivity contribution < 1.29 is 9.90 Å². The van der Waals surface area contributed by atoms with E-state index in [0.717, 1.165) is 5.69 Å². The molecule has 0 bridgehead atoms. The Bertz CT molecular complexity index is 564. The number of rotatable bonds is 7. The number of carboxylic acid groups (broad SMARTS) is 1. The molecule has 0 amide bonds. The molecule has 0 aromatic carbocycles. The second kappa shape index (κ2) is 7.36. The number of nitrogens with zero attached hydrogens (tertiary/aromatic N) is 3. The van der Waals surface area contributed by atoms with Crippen molar-refractivity contribution in [2.24, 2.45) is 0 Å². The minimum absolute atomic E-state index is 0.0873. The third-order valence-corrected chi connectivity index (χ3v) is 3.81. The number of carboxylic acids is 1. The topological polar surface area (TPSA) is 75.4 Å². The van der Waals surface area contributed by atoms with Crippen LogP contribution in [0.3, 0.4) is 0 Å². The summed E-state index contributed by atoms with van der Waals surface area (Å²) in [6, 6.07) is 0.167. The Balaban J connectivity index is 3.42. The third kappa shape index (κ3) is 4.14. The van der Waals surface area contributed by atoms with E-state index in [-0.39, 0.29) is 18.2 Å². The van der Waals surface area contributed by atoms with Gasteiger partial charge in [-0.15, -0.1) is 0 Å². The maximum Gasteiger partial charge on any atom is 0.348 e. The van der Waals surface area contributed by atoms with Gasteiger partial charge < -0.3 is 10.0 Å². The molecular formula is C15H25N3O3. The molecule has 0 saturated carbocycles. The highest BCUT2D eigenvalue weighted by Crippen LogP contribution is 2.15. The van der Waals surface area contributed by atoms with Gasteiger partial charge in [0.15, 0.2) is 0 Å². The van der Waals surface area contributed by atoms with Gasteiger partial charge in [-0.3, -0.25) is 9.36 Å². The predicted octanol–water partition coefficient (Wildman–Crippen LogP) is 0.945. The van der Waals surface area contributed by atoms with Crippen LogP contribution in [0.2, 0.25) is 0 Å². The van der Waals surface area contributed by atoms with Crippen molar-refractivity contribution in [2.75, 3.05) is 14.1 Å². The SMILES string of the molecule is CCc1nc(=O)n(CC(C)N(C)C)c(CC)c1CC(=O)O. The van der Waals surface area contributed by atoms with Crippen LogP contribution in [0.5, 0.6) is 0 Å². The summed E-state index contributed by atoms with van der Waals surface area (Å²) in [5, 5.41) is 9.11. The fraction of sp³-hybridized carbons (Fsp3) is 0.667. The number of carbonyl (C=O) groups is 1. The Labute approximate surface area is 125 Å². The molecule has 0 radical (unpaired) electrons. The molecule has 1 heterocycles. The van der Waals surface area contributed by atoms with E-state index < -0.39 is 5.97 Å². The molecule has 6 heteroatoms. The predicted molar refractivity (Wildman–Crippen MR) is 81.7 cm³/mol. The Morgan fingerprint density at radius 2 is 1.95 bits per heavy atom. The summed E-state index contributed by atoms with van der Waals surface area (Å²) in [7, 11) is 3.90. The molecule has 6 nitrogen and oxygen atoms in total. The highest BCUT2D eigenvalue weighted by atomic mass is 16.4. The van der Waals surface area contributed by atoms with Gasteiger partial charge in [0.05, 0.1) is 12.1 Å². The number of likely N-dealkylation sites (N-methyl/N-ethyl adjacent to an activating group) is 1. The van der Waals surface area contributed by atoms with Gasteiger partial charge in [-0.05, 0) is 33.9 Å². The van der Waals surface area contributed by atoms with Crippen LogP contribution in [0, 0.1) is 0 Å². The molecule has 0 aliphatic heterocycles. The highest BCUT2D eigenvalue weighted by molar-refractivity contribution is 5.71. The Hall–Kier alpha value is -1.69. The fourth-order valence-corrected chi connectivity index (χ4v) is 2.36. The molecular weight excluding hydrogens is 270 g/mol. The number of hydrogen-bond donors (Lipinski definition) is 1. The summed E-state index contributed by atoms with van der Waals surface area (Å²) in [6.07, 6.45) is 1.10. The van der Waals surface area contributed by atoms with Gasteiger partial charge in [0.2, 0.25) is 0 Å². The Morgan fingerprint density at radius 1 is 1.33 bits per heavy atom. The van der Waals surface area contributed by atoms with Gasteiger partial charge >= 0.3 is 11.7 Å². The first-order chi connectivity index (χ1) is 9.81. The van der Waals surface area contributed by atoms with Gasteiger partial charge in [0, 0.05) is 23.8 Å². The lowest BCUT2D eigenvalue weighted by molar-refractivity contribution is -0.136. The first-order valence-electron chi connectivity index (χ1n) is 7.31. The molecule has 21 heavy (non-hydrogen) atoms. The van der Waals surface area contributed by atoms with Crippen LogP contribution in [0.15, 0.2) is 4.79 Å². The molecule has 0 fully saturated rings. The molecule has 1 aromatic heterocycles. The molecule has 1 aromatic rings. The van der Waals surface area contributed by atoms with Crippen molar-refractivity contribution in [3.63, 3.8) is 0 Å². The van der Waals surface area contributed by atoms with E-state index in [1.807, 2.05) is 39.8 Å². The minimum Gasteiger partial charge on any atom is -0.481 e. The normalized spacial score (nSPS) is 12.7. The van der Waals surface area contributed by atoms with Gasteiger partial charge in [-0.2, -0.15) is 4.98 Å². The monoisotopic (exact) mass is 295 g/mol. The first kappa shape index (κ1) is 17.4. The van der Waals surface area contributed by atoms with Crippen LogP contribution in [0.1, 0.15) is 37.7 Å². The third-order valence-electron chi connectivity index (χ3n) is 3.81. The summed E-state index contributed by atoms with van der Waals surface area (Å²) >= 11 is 0. The lowest BCUT2D eigenvalue weighted by Gasteiger charge is -2.24. The van der Waals surface area contributed by atoms with E-state index in [4.69, 9.17) is 5.11 Å². The van der Waals surface area contributed by atoms with Crippen LogP contribution < -0.4 is 5.69 Å². The van der Waals surface area contributed by atoms with Gasteiger partial charge in [0.25, 0.3) is 0 Å². The largest absolute Gasteiger partial charge is 0.481 e. The second-order valence-electron chi connectivity index (χ2n) is 5.47. The number of aliphatic carboxylic acids is 1. The summed E-state index contributed by atoms with van der Waals surface area (Å²) in [5.74, 6) is -0.896. The van der Waals surface area contributed by atoms with E-state index in [2.05, 4.69) is 4.98 Å². The van der Waals surface area contributed by atoms with E-state index >= 15 is 0 Å². The average molecular weight is 295 g/mol. The fourth-order valence-electron chi connectivity index (χ4n) is 2.36. The highest BCUT2D eigenvalue weighted by Gasteiger charge is 2.19. The molecule has 118 valence electrons. The molecule has 0 aliphatic carbocycles. The van der Waals surface area contributed by atoms with E-state index in [1.165, 1.54) is 0 Å². The zero-order valence-corrected chi connectivity index (χ0v) is 13.5. The second-order valence-corrected chi connectivity index (χ2v) is 5.47. The van der Waals surface area contributed by atoms with Gasteiger partial charge in [-0.25, -0.2) is 4.79 Å². The lowest BCUT2D eigenvalue weighted by atomic mass is 10.0. The van der Waals surface area contributed by atoms with Crippen molar-refractivity contribution in [3.05, 3.63) is 27.4 Å². The van der Waals surface area contributed by atoms with Crippen LogP contribution in [0.25, 0.3) is 0 Å². The first-order valence-corrected chi connectivity index (χ1v) is 7.31. The zero-order valence-electron chi connectivity index (χ0n) is 13.5. The standard InChI is InChI=1S/C15H25N3O3/c1-6-12-11(8-14(19)20)13(7-2)18(15(21)16-12)9-10(3)17(4)5/h10H,6-9H2,1-5H3,(H,19,20). The maximum atomic E-state index is 12.3. The molecule has 1 N–H and O–H groups in total. The van der Waals surface area contributed by atoms with Crippen molar-refractivity contribution >= 4 is 5.97 Å².